The van der Waals surface area contributed by atoms with Crippen LogP contribution in [0.1, 0.15) is 25.5 Å². The molecule has 0 aliphatic rings. The van der Waals surface area contributed by atoms with Crippen LogP contribution in [0.4, 0.5) is 0 Å². The summed E-state index contributed by atoms with van der Waals surface area (Å²) in [7, 11) is 0. The Balaban J connectivity index is 1.94. The lowest BCUT2D eigenvalue weighted by Gasteiger charge is -2.24. The first-order chi connectivity index (χ1) is 9.00. The summed E-state index contributed by atoms with van der Waals surface area (Å²) in [6.45, 7) is 3.73. The van der Waals surface area contributed by atoms with Crippen molar-refractivity contribution in [2.24, 2.45) is 0 Å². The second kappa shape index (κ2) is 5.59. The van der Waals surface area contributed by atoms with E-state index in [0.29, 0.717) is 0 Å². The number of thiophene rings is 1. The number of aliphatic hydroxyl groups is 1. The van der Waals surface area contributed by atoms with E-state index in [9.17, 15) is 9.90 Å². The van der Waals surface area contributed by atoms with Gasteiger partial charge in [-0.3, -0.25) is 4.79 Å². The summed E-state index contributed by atoms with van der Waals surface area (Å²) in [6, 6.07) is 5.34. The highest BCUT2D eigenvalue weighted by Gasteiger charge is 2.25. The predicted octanol–water partition coefficient (Wildman–Crippen LogP) is 2.13. The van der Waals surface area contributed by atoms with Crippen LogP contribution in [0.3, 0.4) is 0 Å². The molecule has 2 rings (SSSR count). The molecule has 2 unspecified atom stereocenters. The Morgan fingerprint density at radius 1 is 1.53 bits per heavy atom. The van der Waals surface area contributed by atoms with Gasteiger partial charge in [0.1, 0.15) is 11.6 Å². The van der Waals surface area contributed by atoms with Crippen LogP contribution in [-0.2, 0) is 10.4 Å². The van der Waals surface area contributed by atoms with Crippen molar-refractivity contribution in [3.05, 3.63) is 46.9 Å². The van der Waals surface area contributed by atoms with Crippen molar-refractivity contribution >= 4 is 17.2 Å². The average molecular weight is 278 g/mol. The van der Waals surface area contributed by atoms with Gasteiger partial charge in [0.2, 0.25) is 5.91 Å². The van der Waals surface area contributed by atoms with Gasteiger partial charge in [-0.1, -0.05) is 0 Å². The lowest BCUT2D eigenvalue weighted by Crippen LogP contribution is -2.40. The van der Waals surface area contributed by atoms with Crippen molar-refractivity contribution in [1.82, 2.24) is 9.88 Å². The van der Waals surface area contributed by atoms with Gasteiger partial charge in [0.05, 0.1) is 6.54 Å². The number of hydrogen-bond donors (Lipinski definition) is 2. The highest BCUT2D eigenvalue weighted by atomic mass is 32.1. The molecule has 0 aliphatic carbocycles. The van der Waals surface area contributed by atoms with E-state index in [-0.39, 0.29) is 18.5 Å². The van der Waals surface area contributed by atoms with Crippen LogP contribution in [0, 0.1) is 0 Å². The molecular formula is C14H18N2O2S. The Kier molecular flexibility index (Phi) is 4.07. The lowest BCUT2D eigenvalue weighted by atomic mass is 9.99. The standard InChI is InChI=1S/C14H18N2O2S/c1-11(16-6-3-4-7-16)13(17)15-10-14(2,18)12-5-8-19-9-12/h3-9,11,18H,10H2,1-2H3,(H,15,17). The van der Waals surface area contributed by atoms with Crippen molar-refractivity contribution in [2.75, 3.05) is 6.54 Å². The van der Waals surface area contributed by atoms with Gasteiger partial charge < -0.3 is 15.0 Å². The summed E-state index contributed by atoms with van der Waals surface area (Å²) in [5.74, 6) is -0.105. The normalized spacial score (nSPS) is 15.7. The SMILES string of the molecule is CC(C(=O)NCC(C)(O)c1ccsc1)n1cccc1. The highest BCUT2D eigenvalue weighted by Crippen LogP contribution is 2.22. The number of rotatable bonds is 5. The van der Waals surface area contributed by atoms with Gasteiger partial charge in [-0.2, -0.15) is 11.3 Å². The number of amides is 1. The van der Waals surface area contributed by atoms with E-state index in [1.54, 1.807) is 6.92 Å². The van der Waals surface area contributed by atoms with Crippen LogP contribution >= 0.6 is 11.3 Å². The zero-order valence-electron chi connectivity index (χ0n) is 11.0. The number of carbonyl (C=O) groups is 1. The second-order valence-corrected chi connectivity index (χ2v) is 5.59. The van der Waals surface area contributed by atoms with E-state index in [0.717, 1.165) is 5.56 Å². The first-order valence-electron chi connectivity index (χ1n) is 6.16. The number of nitrogens with one attached hydrogen (secondary N) is 1. The molecule has 2 N–H and O–H groups in total. The minimum atomic E-state index is -1.04. The van der Waals surface area contributed by atoms with Crippen LogP contribution in [0.5, 0.6) is 0 Å². The smallest absolute Gasteiger partial charge is 0.242 e. The summed E-state index contributed by atoms with van der Waals surface area (Å²) in [5, 5.41) is 16.9. The quantitative estimate of drug-likeness (QED) is 0.880. The first kappa shape index (κ1) is 13.8. The number of nitrogens with zero attached hydrogens (tertiary/aromatic N) is 1. The summed E-state index contributed by atoms with van der Waals surface area (Å²) in [5.41, 5.74) is -0.210. The summed E-state index contributed by atoms with van der Waals surface area (Å²) in [6.07, 6.45) is 3.70. The molecule has 0 saturated carbocycles. The van der Waals surface area contributed by atoms with Gasteiger partial charge in [0.15, 0.2) is 0 Å². The van der Waals surface area contributed by atoms with Crippen molar-refractivity contribution < 1.29 is 9.90 Å². The third-order valence-corrected chi connectivity index (χ3v) is 3.89. The first-order valence-corrected chi connectivity index (χ1v) is 7.10. The topological polar surface area (TPSA) is 54.3 Å². The summed E-state index contributed by atoms with van der Waals surface area (Å²) in [4.78, 5) is 12.0. The molecule has 0 saturated heterocycles. The van der Waals surface area contributed by atoms with E-state index >= 15 is 0 Å². The van der Waals surface area contributed by atoms with Gasteiger partial charge in [-0.15, -0.1) is 0 Å². The van der Waals surface area contributed by atoms with Crippen molar-refractivity contribution in [1.29, 1.82) is 0 Å². The molecule has 5 heteroatoms. The Hall–Kier alpha value is -1.59. The molecule has 0 aliphatic heterocycles. The average Bonchev–Trinajstić information content (AvgIpc) is 3.06. The summed E-state index contributed by atoms with van der Waals surface area (Å²) >= 11 is 1.53. The number of hydrogen-bond acceptors (Lipinski definition) is 3. The minimum absolute atomic E-state index is 0.105. The van der Waals surface area contributed by atoms with Gasteiger partial charge in [0, 0.05) is 12.4 Å². The molecule has 4 nitrogen and oxygen atoms in total. The maximum Gasteiger partial charge on any atom is 0.242 e. The van der Waals surface area contributed by atoms with Crippen LogP contribution < -0.4 is 5.32 Å². The monoisotopic (exact) mass is 278 g/mol. The maximum absolute atomic E-state index is 12.0. The van der Waals surface area contributed by atoms with Crippen LogP contribution in [0.25, 0.3) is 0 Å². The number of carbonyl (C=O) groups excluding carboxylic acids is 1. The molecule has 19 heavy (non-hydrogen) atoms. The zero-order chi connectivity index (χ0) is 13.9. The predicted molar refractivity (Wildman–Crippen MR) is 76.0 cm³/mol. The third kappa shape index (κ3) is 3.24. The molecule has 2 aromatic heterocycles. The van der Waals surface area contributed by atoms with Crippen LogP contribution in [0.2, 0.25) is 0 Å². The minimum Gasteiger partial charge on any atom is -0.384 e. The molecule has 2 atom stereocenters. The summed E-state index contributed by atoms with van der Waals surface area (Å²) < 4.78 is 1.83. The zero-order valence-corrected chi connectivity index (χ0v) is 11.9. The van der Waals surface area contributed by atoms with Crippen molar-refractivity contribution in [3.8, 4) is 0 Å². The largest absolute Gasteiger partial charge is 0.384 e. The Labute approximate surface area is 116 Å². The Morgan fingerprint density at radius 3 is 2.79 bits per heavy atom. The fourth-order valence-electron chi connectivity index (χ4n) is 1.82. The molecule has 0 bridgehead atoms. The molecule has 102 valence electrons. The molecular weight excluding hydrogens is 260 g/mol. The molecule has 0 spiro atoms. The molecule has 1 amide bonds. The van der Waals surface area contributed by atoms with E-state index in [1.165, 1.54) is 11.3 Å². The van der Waals surface area contributed by atoms with Gasteiger partial charge >= 0.3 is 0 Å². The molecule has 0 fully saturated rings. The van der Waals surface area contributed by atoms with Gasteiger partial charge in [-0.25, -0.2) is 0 Å². The van der Waals surface area contributed by atoms with Crippen molar-refractivity contribution in [2.45, 2.75) is 25.5 Å². The Bertz CT molecular complexity index is 518. The van der Waals surface area contributed by atoms with Crippen LogP contribution in [-0.4, -0.2) is 22.1 Å². The van der Waals surface area contributed by atoms with Crippen LogP contribution in [0.15, 0.2) is 41.4 Å². The number of aromatic nitrogens is 1. The fraction of sp³-hybridized carbons (Fsp3) is 0.357. The molecule has 0 aromatic carbocycles. The molecule has 2 heterocycles. The van der Waals surface area contributed by atoms with Gasteiger partial charge in [-0.05, 0) is 48.4 Å². The van der Waals surface area contributed by atoms with E-state index < -0.39 is 5.60 Å². The Morgan fingerprint density at radius 2 is 2.21 bits per heavy atom. The third-order valence-electron chi connectivity index (χ3n) is 3.20. The maximum atomic E-state index is 12.0. The lowest BCUT2D eigenvalue weighted by molar-refractivity contribution is -0.125. The van der Waals surface area contributed by atoms with Gasteiger partial charge in [0.25, 0.3) is 0 Å². The van der Waals surface area contributed by atoms with E-state index in [1.807, 2.05) is 52.8 Å². The molecule has 0 radical (unpaired) electrons. The van der Waals surface area contributed by atoms with Crippen molar-refractivity contribution in [3.63, 3.8) is 0 Å². The fourth-order valence-corrected chi connectivity index (χ4v) is 2.60. The van der Waals surface area contributed by atoms with E-state index in [4.69, 9.17) is 0 Å². The second-order valence-electron chi connectivity index (χ2n) is 4.81. The molecule has 2 aromatic rings. The highest BCUT2D eigenvalue weighted by molar-refractivity contribution is 7.08. The van der Waals surface area contributed by atoms with E-state index in [2.05, 4.69) is 5.32 Å².